The van der Waals surface area contributed by atoms with E-state index in [1.54, 1.807) is 12.1 Å². The zero-order chi connectivity index (χ0) is 14.4. The van der Waals surface area contributed by atoms with Crippen molar-refractivity contribution in [3.8, 4) is 0 Å². The summed E-state index contributed by atoms with van der Waals surface area (Å²) in [4.78, 5) is 13.4. The lowest BCUT2D eigenvalue weighted by Crippen LogP contribution is -2.25. The molecule has 0 unspecified atom stereocenters. The number of halogens is 1. The van der Waals surface area contributed by atoms with Crippen molar-refractivity contribution >= 4 is 5.91 Å². The number of rotatable bonds is 7. The van der Waals surface area contributed by atoms with Gasteiger partial charge in [0.05, 0.1) is 0 Å². The molecule has 20 heavy (non-hydrogen) atoms. The fraction of sp³-hybridized carbons (Fsp3) is 0.533. The molecule has 0 radical (unpaired) electrons. The minimum absolute atomic E-state index is 0.209. The molecule has 110 valence electrons. The molecule has 1 aliphatic rings. The van der Waals surface area contributed by atoms with Gasteiger partial charge in [-0.15, -0.1) is 0 Å². The third-order valence-electron chi connectivity index (χ3n) is 3.68. The topological polar surface area (TPSA) is 58.4 Å². The van der Waals surface area contributed by atoms with Gasteiger partial charge in [0.1, 0.15) is 5.82 Å². The largest absolute Gasteiger partial charge is 0.366 e. The molecular weight excluding hydrogens is 257 g/mol. The van der Waals surface area contributed by atoms with E-state index in [1.165, 1.54) is 32.0 Å². The number of benzene rings is 1. The molecule has 0 aliphatic carbocycles. The van der Waals surface area contributed by atoms with Crippen LogP contribution in [0.2, 0.25) is 0 Å². The lowest BCUT2D eigenvalue weighted by molar-refractivity contribution is 0.1000. The average Bonchev–Trinajstić information content (AvgIpc) is 2.93. The molecule has 0 aromatic heterocycles. The molecule has 1 aromatic carbocycles. The quantitative estimate of drug-likeness (QED) is 0.744. The molecule has 1 aromatic rings. The standard InChI is InChI=1S/C15H22FN3O/c16-14-10-12(15(17)20)4-5-13(14)11-18-6-3-9-19-7-1-2-8-19/h4-5,10,18H,1-3,6-9,11H2,(H2,17,20). The fourth-order valence-electron chi connectivity index (χ4n) is 2.50. The summed E-state index contributed by atoms with van der Waals surface area (Å²) in [6, 6.07) is 4.37. The van der Waals surface area contributed by atoms with Crippen LogP contribution in [0.5, 0.6) is 0 Å². The molecular formula is C15H22FN3O. The van der Waals surface area contributed by atoms with Crippen LogP contribution in [0.4, 0.5) is 4.39 Å². The summed E-state index contributed by atoms with van der Waals surface area (Å²) in [6.07, 6.45) is 3.69. The molecule has 5 heteroatoms. The van der Waals surface area contributed by atoms with E-state index >= 15 is 0 Å². The summed E-state index contributed by atoms with van der Waals surface area (Å²) < 4.78 is 13.7. The van der Waals surface area contributed by atoms with Gasteiger partial charge in [-0.05, 0) is 57.6 Å². The first-order valence-corrected chi connectivity index (χ1v) is 7.18. The van der Waals surface area contributed by atoms with Gasteiger partial charge in [-0.3, -0.25) is 4.79 Å². The van der Waals surface area contributed by atoms with Crippen molar-refractivity contribution in [1.82, 2.24) is 10.2 Å². The van der Waals surface area contributed by atoms with E-state index < -0.39 is 5.91 Å². The highest BCUT2D eigenvalue weighted by molar-refractivity contribution is 5.92. The maximum Gasteiger partial charge on any atom is 0.248 e. The summed E-state index contributed by atoms with van der Waals surface area (Å²) >= 11 is 0. The molecule has 1 saturated heterocycles. The zero-order valence-corrected chi connectivity index (χ0v) is 11.7. The van der Waals surface area contributed by atoms with Crippen molar-refractivity contribution < 1.29 is 9.18 Å². The molecule has 0 bridgehead atoms. The number of nitrogens with one attached hydrogen (secondary N) is 1. The zero-order valence-electron chi connectivity index (χ0n) is 11.7. The van der Waals surface area contributed by atoms with E-state index in [0.717, 1.165) is 19.5 Å². The average molecular weight is 279 g/mol. The Kier molecular flexibility index (Phi) is 5.49. The van der Waals surface area contributed by atoms with Gasteiger partial charge in [0.25, 0.3) is 0 Å². The van der Waals surface area contributed by atoms with Crippen LogP contribution in [0.15, 0.2) is 18.2 Å². The number of likely N-dealkylation sites (tertiary alicyclic amines) is 1. The van der Waals surface area contributed by atoms with Crippen molar-refractivity contribution in [3.05, 3.63) is 35.1 Å². The minimum atomic E-state index is -0.603. The maximum absolute atomic E-state index is 13.7. The van der Waals surface area contributed by atoms with Crippen LogP contribution < -0.4 is 11.1 Å². The number of hydrogen-bond donors (Lipinski definition) is 2. The molecule has 1 fully saturated rings. The molecule has 1 heterocycles. The molecule has 3 N–H and O–H groups in total. The van der Waals surface area contributed by atoms with Crippen LogP contribution in [0.25, 0.3) is 0 Å². The number of carbonyl (C=O) groups is 1. The van der Waals surface area contributed by atoms with E-state index in [4.69, 9.17) is 5.73 Å². The Hall–Kier alpha value is -1.46. The highest BCUT2D eigenvalue weighted by atomic mass is 19.1. The summed E-state index contributed by atoms with van der Waals surface area (Å²) in [5.74, 6) is -0.984. The van der Waals surface area contributed by atoms with E-state index in [1.807, 2.05) is 0 Å². The Morgan fingerprint density at radius 3 is 2.75 bits per heavy atom. The van der Waals surface area contributed by atoms with Gasteiger partial charge in [0, 0.05) is 17.7 Å². The van der Waals surface area contributed by atoms with Crippen molar-refractivity contribution in [2.45, 2.75) is 25.8 Å². The monoisotopic (exact) mass is 279 g/mol. The third kappa shape index (κ3) is 4.28. The van der Waals surface area contributed by atoms with Gasteiger partial charge in [-0.25, -0.2) is 4.39 Å². The Bertz CT molecular complexity index is 458. The number of hydrogen-bond acceptors (Lipinski definition) is 3. The number of amides is 1. The lowest BCUT2D eigenvalue weighted by atomic mass is 10.1. The fourth-order valence-corrected chi connectivity index (χ4v) is 2.50. The van der Waals surface area contributed by atoms with Gasteiger partial charge in [-0.1, -0.05) is 6.07 Å². The predicted molar refractivity (Wildman–Crippen MR) is 76.9 cm³/mol. The van der Waals surface area contributed by atoms with Crippen LogP contribution in [-0.2, 0) is 6.54 Å². The highest BCUT2D eigenvalue weighted by Crippen LogP contribution is 2.10. The maximum atomic E-state index is 13.7. The third-order valence-corrected chi connectivity index (χ3v) is 3.68. The Balaban J connectivity index is 1.69. The lowest BCUT2D eigenvalue weighted by Gasteiger charge is -2.14. The van der Waals surface area contributed by atoms with Crippen molar-refractivity contribution in [2.75, 3.05) is 26.2 Å². The van der Waals surface area contributed by atoms with Gasteiger partial charge < -0.3 is 16.0 Å². The van der Waals surface area contributed by atoms with Gasteiger partial charge in [0.2, 0.25) is 5.91 Å². The SMILES string of the molecule is NC(=O)c1ccc(CNCCCN2CCCC2)c(F)c1. The first-order valence-electron chi connectivity index (χ1n) is 7.18. The molecule has 0 atom stereocenters. The summed E-state index contributed by atoms with van der Waals surface area (Å²) in [5.41, 5.74) is 5.88. The minimum Gasteiger partial charge on any atom is -0.366 e. The Morgan fingerprint density at radius 2 is 2.10 bits per heavy atom. The number of carbonyl (C=O) groups excluding carboxylic acids is 1. The van der Waals surface area contributed by atoms with Gasteiger partial charge >= 0.3 is 0 Å². The Morgan fingerprint density at radius 1 is 1.35 bits per heavy atom. The molecule has 1 amide bonds. The number of primary amides is 1. The van der Waals surface area contributed by atoms with E-state index in [0.29, 0.717) is 12.1 Å². The van der Waals surface area contributed by atoms with Crippen LogP contribution in [0, 0.1) is 5.82 Å². The van der Waals surface area contributed by atoms with Crippen LogP contribution >= 0.6 is 0 Å². The molecule has 0 saturated carbocycles. The number of nitrogens with zero attached hydrogens (tertiary/aromatic N) is 1. The summed E-state index contributed by atoms with van der Waals surface area (Å²) in [7, 11) is 0. The van der Waals surface area contributed by atoms with Crippen LogP contribution in [0.3, 0.4) is 0 Å². The van der Waals surface area contributed by atoms with Crippen LogP contribution in [-0.4, -0.2) is 37.0 Å². The summed E-state index contributed by atoms with van der Waals surface area (Å²) in [5, 5.41) is 3.23. The van der Waals surface area contributed by atoms with E-state index in [9.17, 15) is 9.18 Å². The van der Waals surface area contributed by atoms with Gasteiger partial charge in [0.15, 0.2) is 0 Å². The second-order valence-corrected chi connectivity index (χ2v) is 5.25. The summed E-state index contributed by atoms with van der Waals surface area (Å²) in [6.45, 7) is 4.88. The van der Waals surface area contributed by atoms with Crippen molar-refractivity contribution in [2.24, 2.45) is 5.73 Å². The molecule has 0 spiro atoms. The second-order valence-electron chi connectivity index (χ2n) is 5.25. The molecule has 2 rings (SSSR count). The van der Waals surface area contributed by atoms with Crippen LogP contribution in [0.1, 0.15) is 35.2 Å². The smallest absolute Gasteiger partial charge is 0.248 e. The number of nitrogens with two attached hydrogens (primary N) is 1. The highest BCUT2D eigenvalue weighted by Gasteiger charge is 2.10. The molecule has 4 nitrogen and oxygen atoms in total. The van der Waals surface area contributed by atoms with Crippen molar-refractivity contribution in [1.29, 1.82) is 0 Å². The second kappa shape index (κ2) is 7.36. The first kappa shape index (κ1) is 14.9. The first-order chi connectivity index (χ1) is 9.66. The van der Waals surface area contributed by atoms with Crippen molar-refractivity contribution in [3.63, 3.8) is 0 Å². The normalized spacial score (nSPS) is 15.7. The van der Waals surface area contributed by atoms with E-state index in [-0.39, 0.29) is 11.4 Å². The molecule has 1 aliphatic heterocycles. The predicted octanol–water partition coefficient (Wildman–Crippen LogP) is 1.50. The Labute approximate surface area is 119 Å². The van der Waals surface area contributed by atoms with Gasteiger partial charge in [-0.2, -0.15) is 0 Å². The van der Waals surface area contributed by atoms with E-state index in [2.05, 4.69) is 10.2 Å².